The molecule has 1 N–H and O–H groups in total. The van der Waals surface area contributed by atoms with Gasteiger partial charge in [-0.1, -0.05) is 43.3 Å². The highest BCUT2D eigenvalue weighted by Crippen LogP contribution is 2.57. The molecule has 7 heteroatoms. The van der Waals surface area contributed by atoms with Gasteiger partial charge in [0.25, 0.3) is 0 Å². The van der Waals surface area contributed by atoms with Crippen molar-refractivity contribution in [2.75, 3.05) is 11.9 Å². The summed E-state index contributed by atoms with van der Waals surface area (Å²) in [5.41, 5.74) is 1.96. The largest absolute Gasteiger partial charge is 0.384 e. The first kappa shape index (κ1) is 18.9. The molecule has 2 aliphatic rings. The molecule has 4 nitrogen and oxygen atoms in total. The lowest BCUT2D eigenvalue weighted by atomic mass is 9.84. The van der Waals surface area contributed by atoms with Crippen LogP contribution in [-0.2, 0) is 9.67 Å². The first-order valence-electron chi connectivity index (χ1n) is 9.34. The summed E-state index contributed by atoms with van der Waals surface area (Å²) in [6.45, 7) is 4.24. The van der Waals surface area contributed by atoms with Gasteiger partial charge >= 0.3 is 0 Å². The highest BCUT2D eigenvalue weighted by atomic mass is 32.2. The average Bonchev–Trinajstić information content (AvgIpc) is 3.08. The number of amides is 1. The summed E-state index contributed by atoms with van der Waals surface area (Å²) in [6.07, 6.45) is 1.80. The second-order valence-corrected chi connectivity index (χ2v) is 8.28. The van der Waals surface area contributed by atoms with Gasteiger partial charge in [0, 0.05) is 36.2 Å². The molecule has 2 heterocycles. The van der Waals surface area contributed by atoms with Gasteiger partial charge in [0.1, 0.15) is 21.5 Å². The number of fused-ring (bicyclic) bond motifs is 2. The SMILES string of the molecule is CCC[C@H]1CNc2ccccc2[C@@]12SC(c1cc(F)ccc1F)=NN2C(C)=O. The maximum atomic E-state index is 14.5. The van der Waals surface area contributed by atoms with Crippen LogP contribution >= 0.6 is 11.8 Å². The zero-order chi connectivity index (χ0) is 19.9. The molecule has 0 aliphatic carbocycles. The van der Waals surface area contributed by atoms with E-state index in [1.54, 1.807) is 0 Å². The molecule has 2 aromatic carbocycles. The first-order valence-corrected chi connectivity index (χ1v) is 10.2. The molecule has 2 atom stereocenters. The Morgan fingerprint density at radius 3 is 2.86 bits per heavy atom. The Labute approximate surface area is 167 Å². The molecular formula is C21H21F2N3OS. The van der Waals surface area contributed by atoms with E-state index in [4.69, 9.17) is 0 Å². The maximum Gasteiger partial charge on any atom is 0.241 e. The summed E-state index contributed by atoms with van der Waals surface area (Å²) >= 11 is 1.35. The van der Waals surface area contributed by atoms with Crippen LogP contribution in [0.15, 0.2) is 47.6 Å². The zero-order valence-corrected chi connectivity index (χ0v) is 16.5. The third kappa shape index (κ3) is 2.89. The molecule has 0 bridgehead atoms. The van der Waals surface area contributed by atoms with E-state index in [-0.39, 0.29) is 17.4 Å². The number of halogens is 2. The molecule has 0 saturated carbocycles. The predicted octanol–water partition coefficient (Wildman–Crippen LogP) is 4.92. The Balaban J connectivity index is 1.89. The summed E-state index contributed by atoms with van der Waals surface area (Å²) < 4.78 is 28.3. The standard InChI is InChI=1S/C21H21F2N3OS/c1-3-6-14-12-24-19-8-5-4-7-17(19)21(14)26(13(2)27)25-20(28-21)16-11-15(22)9-10-18(16)23/h4-5,7-11,14,24H,3,6,12H2,1-2H3/t14-,21-/m0/s1. The monoisotopic (exact) mass is 401 g/mol. The molecule has 0 radical (unpaired) electrons. The van der Waals surface area contributed by atoms with Crippen molar-refractivity contribution in [2.45, 2.75) is 31.6 Å². The van der Waals surface area contributed by atoms with Gasteiger partial charge in [0.05, 0.1) is 0 Å². The minimum atomic E-state index is -0.780. The van der Waals surface area contributed by atoms with E-state index in [9.17, 15) is 13.6 Å². The highest BCUT2D eigenvalue weighted by Gasteiger charge is 2.55. The molecule has 28 heavy (non-hydrogen) atoms. The number of nitrogens with zero attached hydrogens (tertiary/aromatic N) is 2. The van der Waals surface area contributed by atoms with Crippen molar-refractivity contribution in [3.8, 4) is 0 Å². The number of hydrogen-bond acceptors (Lipinski definition) is 4. The molecular weight excluding hydrogens is 380 g/mol. The number of para-hydroxylation sites is 1. The maximum absolute atomic E-state index is 14.5. The van der Waals surface area contributed by atoms with Gasteiger partial charge in [-0.25, -0.2) is 13.8 Å². The van der Waals surface area contributed by atoms with Gasteiger partial charge in [-0.05, 0) is 30.7 Å². The summed E-state index contributed by atoms with van der Waals surface area (Å²) in [6, 6.07) is 11.1. The van der Waals surface area contributed by atoms with Crippen molar-refractivity contribution in [1.82, 2.24) is 5.01 Å². The highest BCUT2D eigenvalue weighted by molar-refractivity contribution is 8.15. The number of benzene rings is 2. The van der Waals surface area contributed by atoms with Crippen LogP contribution < -0.4 is 5.32 Å². The van der Waals surface area contributed by atoms with Gasteiger partial charge in [-0.2, -0.15) is 5.10 Å². The fourth-order valence-corrected chi connectivity index (χ4v) is 5.66. The summed E-state index contributed by atoms with van der Waals surface area (Å²) in [4.78, 5) is 11.8. The van der Waals surface area contributed by atoms with Crippen LogP contribution in [0.3, 0.4) is 0 Å². The molecule has 146 valence electrons. The number of rotatable bonds is 3. The zero-order valence-electron chi connectivity index (χ0n) is 15.7. The number of nitrogens with one attached hydrogen (secondary N) is 1. The van der Waals surface area contributed by atoms with E-state index >= 15 is 0 Å². The third-order valence-electron chi connectivity index (χ3n) is 5.26. The molecule has 0 unspecified atom stereocenters. The predicted molar refractivity (Wildman–Crippen MR) is 108 cm³/mol. The van der Waals surface area contributed by atoms with Crippen molar-refractivity contribution in [3.05, 3.63) is 65.2 Å². The Morgan fingerprint density at radius 1 is 1.32 bits per heavy atom. The van der Waals surface area contributed by atoms with Crippen molar-refractivity contribution < 1.29 is 13.6 Å². The lowest BCUT2D eigenvalue weighted by Gasteiger charge is -2.46. The fraction of sp³-hybridized carbons (Fsp3) is 0.333. The van der Waals surface area contributed by atoms with E-state index in [1.165, 1.54) is 23.7 Å². The lowest BCUT2D eigenvalue weighted by molar-refractivity contribution is -0.133. The Morgan fingerprint density at radius 2 is 2.11 bits per heavy atom. The molecule has 1 amide bonds. The lowest BCUT2D eigenvalue weighted by Crippen LogP contribution is -2.51. The minimum Gasteiger partial charge on any atom is -0.384 e. The Bertz CT molecular complexity index is 964. The third-order valence-corrected chi connectivity index (χ3v) is 6.79. The summed E-state index contributed by atoms with van der Waals surface area (Å²) in [5.74, 6) is -1.25. The van der Waals surface area contributed by atoms with Crippen LogP contribution in [0.2, 0.25) is 0 Å². The second kappa shape index (κ2) is 7.20. The topological polar surface area (TPSA) is 44.7 Å². The van der Waals surface area contributed by atoms with Crippen LogP contribution in [0.4, 0.5) is 14.5 Å². The van der Waals surface area contributed by atoms with E-state index < -0.39 is 16.5 Å². The minimum absolute atomic E-state index is 0.0687. The average molecular weight is 401 g/mol. The van der Waals surface area contributed by atoms with Crippen molar-refractivity contribution in [3.63, 3.8) is 0 Å². The van der Waals surface area contributed by atoms with Gasteiger partial charge in [0.2, 0.25) is 5.91 Å². The molecule has 0 aromatic heterocycles. The molecule has 4 rings (SSSR count). The van der Waals surface area contributed by atoms with E-state index in [0.717, 1.165) is 42.3 Å². The number of carbonyl (C=O) groups excluding carboxylic acids is 1. The number of thioether (sulfide) groups is 1. The van der Waals surface area contributed by atoms with Crippen LogP contribution in [-0.4, -0.2) is 22.5 Å². The van der Waals surface area contributed by atoms with Crippen LogP contribution in [0.25, 0.3) is 0 Å². The number of hydrogen-bond donors (Lipinski definition) is 1. The number of anilines is 1. The normalized spacial score (nSPS) is 23.4. The van der Waals surface area contributed by atoms with Crippen molar-refractivity contribution in [1.29, 1.82) is 0 Å². The number of hydrazone groups is 1. The quantitative estimate of drug-likeness (QED) is 0.794. The fourth-order valence-electron chi connectivity index (χ4n) is 4.06. The Kier molecular flexibility index (Phi) is 4.87. The number of carbonyl (C=O) groups is 1. The van der Waals surface area contributed by atoms with Gasteiger partial charge in [-0.3, -0.25) is 4.79 Å². The van der Waals surface area contributed by atoms with Gasteiger partial charge in [-0.15, -0.1) is 0 Å². The van der Waals surface area contributed by atoms with Crippen LogP contribution in [0, 0.1) is 17.6 Å². The summed E-state index contributed by atoms with van der Waals surface area (Å²) in [7, 11) is 0. The van der Waals surface area contributed by atoms with E-state index in [0.29, 0.717) is 11.6 Å². The van der Waals surface area contributed by atoms with Crippen molar-refractivity contribution in [2.24, 2.45) is 11.0 Å². The first-order chi connectivity index (χ1) is 13.5. The van der Waals surface area contributed by atoms with Gasteiger partial charge < -0.3 is 5.32 Å². The molecule has 0 fully saturated rings. The smallest absolute Gasteiger partial charge is 0.241 e. The molecule has 2 aliphatic heterocycles. The molecule has 1 spiro atoms. The van der Waals surface area contributed by atoms with E-state index in [2.05, 4.69) is 17.3 Å². The molecule has 2 aromatic rings. The summed E-state index contributed by atoms with van der Waals surface area (Å²) in [5, 5.41) is 9.74. The van der Waals surface area contributed by atoms with Crippen LogP contribution in [0.1, 0.15) is 37.8 Å². The van der Waals surface area contributed by atoms with Gasteiger partial charge in [0.15, 0.2) is 0 Å². The van der Waals surface area contributed by atoms with Crippen LogP contribution in [0.5, 0.6) is 0 Å². The molecule has 0 saturated heterocycles. The van der Waals surface area contributed by atoms with Crippen molar-refractivity contribution >= 4 is 28.4 Å². The Hall–Kier alpha value is -2.41. The van der Waals surface area contributed by atoms with E-state index in [1.807, 2.05) is 24.3 Å². The second-order valence-electron chi connectivity index (χ2n) is 7.07.